The molecule has 1 fully saturated rings. The Hall–Kier alpha value is -3.16. The van der Waals surface area contributed by atoms with Crippen molar-refractivity contribution in [2.75, 3.05) is 11.9 Å². The van der Waals surface area contributed by atoms with Crippen LogP contribution in [0, 0.1) is 0 Å². The van der Waals surface area contributed by atoms with Gasteiger partial charge in [0, 0.05) is 7.05 Å². The predicted molar refractivity (Wildman–Crippen MR) is 98.2 cm³/mol. The number of carboxylic acids is 1. The number of anilines is 1. The Morgan fingerprint density at radius 3 is 2.78 bits per heavy atom. The third-order valence-corrected chi connectivity index (χ3v) is 5.63. The van der Waals surface area contributed by atoms with Gasteiger partial charge in [0.15, 0.2) is 11.5 Å². The topological polar surface area (TPSA) is 91.0 Å². The van der Waals surface area contributed by atoms with E-state index in [0.29, 0.717) is 17.5 Å². The molecule has 0 radical (unpaired) electrons. The molecular formula is C19H19N5O3. The molecule has 0 bridgehead atoms. The molecule has 3 heterocycles. The smallest absolute Gasteiger partial charge is 0.372 e. The Morgan fingerprint density at radius 2 is 2.04 bits per heavy atom. The second-order valence-electron chi connectivity index (χ2n) is 7.21. The first kappa shape index (κ1) is 16.0. The Bertz CT molecular complexity index is 981. The van der Waals surface area contributed by atoms with Crippen molar-refractivity contribution in [1.29, 1.82) is 0 Å². The van der Waals surface area contributed by atoms with E-state index >= 15 is 0 Å². The Labute approximate surface area is 155 Å². The summed E-state index contributed by atoms with van der Waals surface area (Å²) in [4.78, 5) is 37.6. The van der Waals surface area contributed by atoms with Gasteiger partial charge in [-0.1, -0.05) is 30.3 Å². The van der Waals surface area contributed by atoms with Gasteiger partial charge in [-0.15, -0.1) is 0 Å². The van der Waals surface area contributed by atoms with Gasteiger partial charge in [0.1, 0.15) is 0 Å². The number of guanidine groups is 1. The number of imidazole rings is 1. The number of aromatic carboxylic acids is 1. The van der Waals surface area contributed by atoms with Crippen molar-refractivity contribution in [3.05, 3.63) is 47.4 Å². The molecule has 1 aliphatic carbocycles. The fourth-order valence-corrected chi connectivity index (χ4v) is 4.38. The number of fused-ring (bicyclic) bond motifs is 5. The highest BCUT2D eigenvalue weighted by molar-refractivity contribution is 6.18. The summed E-state index contributed by atoms with van der Waals surface area (Å²) >= 11 is 0. The number of carboxylic acid groups (broad SMARTS) is 1. The first-order chi connectivity index (χ1) is 13.1. The summed E-state index contributed by atoms with van der Waals surface area (Å²) in [5, 5.41) is 9.72. The van der Waals surface area contributed by atoms with E-state index in [1.807, 2.05) is 35.2 Å². The number of nitrogens with zero attached hydrogens (tertiary/aromatic N) is 5. The second kappa shape index (κ2) is 5.67. The zero-order chi connectivity index (χ0) is 18.7. The third-order valence-electron chi connectivity index (χ3n) is 5.63. The number of carbonyl (C=O) groups excluding carboxylic acids is 1. The van der Waals surface area contributed by atoms with Gasteiger partial charge < -0.3 is 9.67 Å². The molecule has 27 heavy (non-hydrogen) atoms. The van der Waals surface area contributed by atoms with Gasteiger partial charge in [-0.05, 0) is 24.8 Å². The maximum absolute atomic E-state index is 13.1. The molecule has 8 heteroatoms. The molecule has 1 aromatic carbocycles. The van der Waals surface area contributed by atoms with Crippen LogP contribution in [0.4, 0.5) is 5.82 Å². The summed E-state index contributed by atoms with van der Waals surface area (Å²) in [6.45, 7) is 0.277. The number of aliphatic imine (C=N–C) groups is 1. The summed E-state index contributed by atoms with van der Waals surface area (Å²) in [5.74, 6) is -0.510. The van der Waals surface area contributed by atoms with Crippen LogP contribution in [0.15, 0.2) is 35.3 Å². The highest BCUT2D eigenvalue weighted by atomic mass is 16.4. The lowest BCUT2D eigenvalue weighted by Crippen LogP contribution is -2.51. The Balaban J connectivity index is 1.69. The number of aromatic nitrogens is 2. The lowest BCUT2D eigenvalue weighted by molar-refractivity contribution is 0.0678. The van der Waals surface area contributed by atoms with Crippen LogP contribution in [-0.4, -0.2) is 56.5 Å². The molecule has 2 aliphatic heterocycles. The number of hydrogen-bond donors (Lipinski definition) is 1. The van der Waals surface area contributed by atoms with E-state index in [1.54, 1.807) is 7.05 Å². The number of hydrogen-bond acceptors (Lipinski definition) is 5. The Kier molecular flexibility index (Phi) is 3.37. The van der Waals surface area contributed by atoms with Gasteiger partial charge in [0.05, 0.1) is 18.6 Å². The highest BCUT2D eigenvalue weighted by Gasteiger charge is 2.49. The van der Waals surface area contributed by atoms with Crippen LogP contribution in [0.3, 0.4) is 0 Å². The fourth-order valence-electron chi connectivity index (χ4n) is 4.38. The first-order valence-corrected chi connectivity index (χ1v) is 9.09. The van der Waals surface area contributed by atoms with E-state index < -0.39 is 5.97 Å². The minimum absolute atomic E-state index is 0.117. The van der Waals surface area contributed by atoms with Gasteiger partial charge >= 0.3 is 5.97 Å². The van der Waals surface area contributed by atoms with Gasteiger partial charge in [0.2, 0.25) is 11.8 Å². The molecule has 1 aromatic heterocycles. The van der Waals surface area contributed by atoms with E-state index in [2.05, 4.69) is 4.98 Å². The Morgan fingerprint density at radius 1 is 1.26 bits per heavy atom. The molecule has 138 valence electrons. The second-order valence-corrected chi connectivity index (χ2v) is 7.21. The summed E-state index contributed by atoms with van der Waals surface area (Å²) in [7, 11) is 1.69. The van der Waals surface area contributed by atoms with Crippen molar-refractivity contribution >= 4 is 23.7 Å². The van der Waals surface area contributed by atoms with Crippen LogP contribution < -0.4 is 4.90 Å². The van der Waals surface area contributed by atoms with E-state index in [9.17, 15) is 14.7 Å². The van der Waals surface area contributed by atoms with E-state index in [-0.39, 0.29) is 30.4 Å². The molecule has 3 aliphatic rings. The van der Waals surface area contributed by atoms with E-state index in [4.69, 9.17) is 4.99 Å². The third kappa shape index (κ3) is 2.22. The molecule has 1 saturated carbocycles. The molecule has 2 unspecified atom stereocenters. The van der Waals surface area contributed by atoms with E-state index in [0.717, 1.165) is 24.8 Å². The van der Waals surface area contributed by atoms with Crippen molar-refractivity contribution in [2.24, 2.45) is 4.99 Å². The summed E-state index contributed by atoms with van der Waals surface area (Å²) in [5.41, 5.74) is 1.24. The standard InChI is InChI=1S/C19H19N5O3/c1-22-17(25)14-15(24-13-9-5-8-12(13)20-19(22)24)21-16(18(26)27)23(14)10-11-6-3-2-4-7-11/h2-4,6-7,12-13H,5,8-10H2,1H3,(H,26,27). The minimum Gasteiger partial charge on any atom is -0.475 e. The monoisotopic (exact) mass is 365 g/mol. The molecule has 1 N–H and O–H groups in total. The van der Waals surface area contributed by atoms with Crippen molar-refractivity contribution < 1.29 is 14.7 Å². The van der Waals surface area contributed by atoms with Crippen LogP contribution in [0.1, 0.15) is 45.9 Å². The largest absolute Gasteiger partial charge is 0.475 e. The SMILES string of the molecule is CN1C(=O)c2c(nc(C(=O)O)n2Cc2ccccc2)N2C1=NC1CCCC12. The lowest BCUT2D eigenvalue weighted by Gasteiger charge is -2.34. The number of carbonyl (C=O) groups is 2. The molecular weight excluding hydrogens is 346 g/mol. The van der Waals surface area contributed by atoms with Crippen molar-refractivity contribution in [3.63, 3.8) is 0 Å². The first-order valence-electron chi connectivity index (χ1n) is 9.09. The zero-order valence-corrected chi connectivity index (χ0v) is 14.9. The minimum atomic E-state index is -1.14. The van der Waals surface area contributed by atoms with Crippen molar-refractivity contribution in [1.82, 2.24) is 14.5 Å². The molecule has 1 amide bonds. The van der Waals surface area contributed by atoms with Crippen LogP contribution in [0.5, 0.6) is 0 Å². The maximum atomic E-state index is 13.1. The summed E-state index contributed by atoms with van der Waals surface area (Å²) in [6.07, 6.45) is 3.03. The maximum Gasteiger partial charge on any atom is 0.372 e. The lowest BCUT2D eigenvalue weighted by atomic mass is 10.1. The van der Waals surface area contributed by atoms with Crippen LogP contribution in [-0.2, 0) is 6.54 Å². The van der Waals surface area contributed by atoms with Crippen LogP contribution >= 0.6 is 0 Å². The molecule has 2 atom stereocenters. The normalized spacial score (nSPS) is 23.1. The quantitative estimate of drug-likeness (QED) is 0.896. The van der Waals surface area contributed by atoms with Crippen LogP contribution in [0.2, 0.25) is 0 Å². The van der Waals surface area contributed by atoms with Crippen LogP contribution in [0.25, 0.3) is 0 Å². The average Bonchev–Trinajstić information content (AvgIpc) is 3.33. The number of benzene rings is 1. The highest BCUT2D eigenvalue weighted by Crippen LogP contribution is 2.40. The number of rotatable bonds is 3. The fraction of sp³-hybridized carbons (Fsp3) is 0.368. The molecule has 2 aromatic rings. The summed E-state index contributed by atoms with van der Waals surface area (Å²) < 4.78 is 1.52. The van der Waals surface area contributed by atoms with Crippen molar-refractivity contribution in [3.8, 4) is 0 Å². The van der Waals surface area contributed by atoms with Gasteiger partial charge in [-0.25, -0.2) is 14.8 Å². The molecule has 5 rings (SSSR count). The predicted octanol–water partition coefficient (Wildman–Crippen LogP) is 1.81. The number of amides is 1. The van der Waals surface area contributed by atoms with Gasteiger partial charge in [-0.2, -0.15) is 0 Å². The molecule has 0 spiro atoms. The zero-order valence-electron chi connectivity index (χ0n) is 14.9. The average molecular weight is 365 g/mol. The van der Waals surface area contributed by atoms with Gasteiger partial charge in [0.25, 0.3) is 5.91 Å². The summed E-state index contributed by atoms with van der Waals surface area (Å²) in [6, 6.07) is 9.79. The van der Waals surface area contributed by atoms with Gasteiger partial charge in [-0.3, -0.25) is 14.6 Å². The molecule has 0 saturated heterocycles. The van der Waals surface area contributed by atoms with E-state index in [1.165, 1.54) is 9.47 Å². The van der Waals surface area contributed by atoms with Crippen molar-refractivity contribution in [2.45, 2.75) is 37.9 Å². The molecule has 8 nitrogen and oxygen atoms in total.